The maximum absolute atomic E-state index is 12.1. The van der Waals surface area contributed by atoms with Gasteiger partial charge in [-0.05, 0) is 64.6 Å². The van der Waals surface area contributed by atoms with Gasteiger partial charge in [-0.1, -0.05) is 23.7 Å². The Balaban J connectivity index is 2.08. The van der Waals surface area contributed by atoms with Crippen LogP contribution < -0.4 is 5.32 Å². The molecular weight excluding hydrogens is 417 g/mol. The third-order valence-corrected chi connectivity index (χ3v) is 4.03. The second-order valence-corrected chi connectivity index (χ2v) is 6.38. The molecule has 0 bridgehead atoms. The average Bonchev–Trinajstić information content (AvgIpc) is 2.49. The van der Waals surface area contributed by atoms with Crippen LogP contribution in [0.4, 0.5) is 0 Å². The van der Waals surface area contributed by atoms with Crippen LogP contribution in [0.2, 0.25) is 5.02 Å². The van der Waals surface area contributed by atoms with Crippen LogP contribution in [0.5, 0.6) is 0 Å². The van der Waals surface area contributed by atoms with Crippen LogP contribution in [0, 0.1) is 3.57 Å². The standard InChI is InChI=1S/C16H13ClINO3/c17-12-5-3-11(4-6-12)15(20)19-14(16(21)22)9-10-1-7-13(18)8-2-10/h1-8,14H,9H2,(H,19,20)(H,21,22)/t14-/m0/s1. The molecule has 2 aromatic carbocycles. The molecule has 2 aromatic rings. The van der Waals surface area contributed by atoms with Crippen molar-refractivity contribution in [1.29, 1.82) is 0 Å². The number of benzene rings is 2. The van der Waals surface area contributed by atoms with E-state index in [9.17, 15) is 14.7 Å². The van der Waals surface area contributed by atoms with E-state index in [0.717, 1.165) is 9.13 Å². The minimum atomic E-state index is -1.07. The number of carbonyl (C=O) groups is 2. The Morgan fingerprint density at radius 3 is 2.23 bits per heavy atom. The second kappa shape index (κ2) is 7.60. The van der Waals surface area contributed by atoms with E-state index in [1.165, 1.54) is 0 Å². The van der Waals surface area contributed by atoms with E-state index in [0.29, 0.717) is 10.6 Å². The molecule has 0 aliphatic heterocycles. The van der Waals surface area contributed by atoms with Gasteiger partial charge in [0.25, 0.3) is 5.91 Å². The molecule has 22 heavy (non-hydrogen) atoms. The van der Waals surface area contributed by atoms with Gasteiger partial charge in [0, 0.05) is 20.6 Å². The van der Waals surface area contributed by atoms with Gasteiger partial charge in [0.15, 0.2) is 0 Å². The van der Waals surface area contributed by atoms with Crippen LogP contribution >= 0.6 is 34.2 Å². The fourth-order valence-corrected chi connectivity index (χ4v) is 2.38. The zero-order valence-electron chi connectivity index (χ0n) is 11.4. The number of halogens is 2. The van der Waals surface area contributed by atoms with Crippen LogP contribution in [0.3, 0.4) is 0 Å². The molecule has 1 amide bonds. The number of hydrogen-bond donors (Lipinski definition) is 2. The molecule has 0 radical (unpaired) electrons. The van der Waals surface area contributed by atoms with Crippen LogP contribution in [-0.4, -0.2) is 23.0 Å². The molecule has 2 rings (SSSR count). The summed E-state index contributed by atoms with van der Waals surface area (Å²) in [6.45, 7) is 0. The molecule has 6 heteroatoms. The first kappa shape index (κ1) is 16.8. The lowest BCUT2D eigenvalue weighted by atomic mass is 10.1. The van der Waals surface area contributed by atoms with E-state index >= 15 is 0 Å². The minimum Gasteiger partial charge on any atom is -0.480 e. The Labute approximate surface area is 146 Å². The molecule has 0 aliphatic carbocycles. The molecule has 114 valence electrons. The van der Waals surface area contributed by atoms with E-state index < -0.39 is 17.9 Å². The topological polar surface area (TPSA) is 66.4 Å². The lowest BCUT2D eigenvalue weighted by molar-refractivity contribution is -0.139. The fraction of sp³-hybridized carbons (Fsp3) is 0.125. The van der Waals surface area contributed by atoms with Gasteiger partial charge in [0.2, 0.25) is 0 Å². The van der Waals surface area contributed by atoms with Gasteiger partial charge >= 0.3 is 5.97 Å². The summed E-state index contributed by atoms with van der Waals surface area (Å²) in [6, 6.07) is 12.8. The maximum Gasteiger partial charge on any atom is 0.326 e. The molecular formula is C16H13ClINO3. The molecule has 1 atom stereocenters. The average molecular weight is 430 g/mol. The van der Waals surface area contributed by atoms with Crippen molar-refractivity contribution < 1.29 is 14.7 Å². The van der Waals surface area contributed by atoms with E-state index in [2.05, 4.69) is 27.9 Å². The highest BCUT2D eigenvalue weighted by Crippen LogP contribution is 2.11. The lowest BCUT2D eigenvalue weighted by Crippen LogP contribution is -2.42. The first-order valence-corrected chi connectivity index (χ1v) is 7.95. The third-order valence-electron chi connectivity index (χ3n) is 3.06. The highest BCUT2D eigenvalue weighted by atomic mass is 127. The van der Waals surface area contributed by atoms with Crippen molar-refractivity contribution in [2.75, 3.05) is 0 Å². The number of amides is 1. The molecule has 0 aliphatic rings. The Morgan fingerprint density at radius 1 is 1.09 bits per heavy atom. The zero-order chi connectivity index (χ0) is 16.1. The first-order chi connectivity index (χ1) is 10.5. The summed E-state index contributed by atoms with van der Waals surface area (Å²) in [7, 11) is 0. The first-order valence-electron chi connectivity index (χ1n) is 6.49. The van der Waals surface area contributed by atoms with Gasteiger partial charge in [0.1, 0.15) is 6.04 Å². The number of carboxylic acid groups (broad SMARTS) is 1. The van der Waals surface area contributed by atoms with Crippen molar-refractivity contribution in [3.05, 3.63) is 68.3 Å². The third kappa shape index (κ3) is 4.71. The van der Waals surface area contributed by atoms with E-state index in [-0.39, 0.29) is 6.42 Å². The lowest BCUT2D eigenvalue weighted by Gasteiger charge is -2.15. The quantitative estimate of drug-likeness (QED) is 0.716. The van der Waals surface area contributed by atoms with Gasteiger partial charge in [-0.3, -0.25) is 4.79 Å². The van der Waals surface area contributed by atoms with Gasteiger partial charge in [-0.15, -0.1) is 0 Å². The van der Waals surface area contributed by atoms with Gasteiger partial charge in [0.05, 0.1) is 0 Å². The van der Waals surface area contributed by atoms with E-state index in [4.69, 9.17) is 11.6 Å². The van der Waals surface area contributed by atoms with Crippen molar-refractivity contribution in [3.63, 3.8) is 0 Å². The SMILES string of the molecule is O=C(N[C@@H](Cc1ccc(I)cc1)C(=O)O)c1ccc(Cl)cc1. The van der Waals surface area contributed by atoms with Gasteiger partial charge in [-0.25, -0.2) is 4.79 Å². The van der Waals surface area contributed by atoms with Gasteiger partial charge < -0.3 is 10.4 Å². The number of carbonyl (C=O) groups excluding carboxylic acids is 1. The Hall–Kier alpha value is -1.60. The number of nitrogens with one attached hydrogen (secondary N) is 1. The normalized spacial score (nSPS) is 11.7. The van der Waals surface area contributed by atoms with Crippen molar-refractivity contribution in [1.82, 2.24) is 5.32 Å². The molecule has 0 heterocycles. The predicted octanol–water partition coefficient (Wildman–Crippen LogP) is 3.37. The highest BCUT2D eigenvalue weighted by Gasteiger charge is 2.21. The molecule has 0 saturated heterocycles. The zero-order valence-corrected chi connectivity index (χ0v) is 14.3. The maximum atomic E-state index is 12.1. The number of aliphatic carboxylic acids is 1. The summed E-state index contributed by atoms with van der Waals surface area (Å²) in [6.07, 6.45) is 0.228. The minimum absolute atomic E-state index is 0.228. The predicted molar refractivity (Wildman–Crippen MR) is 93.2 cm³/mol. The molecule has 0 fully saturated rings. The molecule has 4 nitrogen and oxygen atoms in total. The van der Waals surface area contributed by atoms with E-state index in [1.54, 1.807) is 24.3 Å². The summed E-state index contributed by atoms with van der Waals surface area (Å²) in [5, 5.41) is 12.3. The molecule has 2 N–H and O–H groups in total. The summed E-state index contributed by atoms with van der Waals surface area (Å²) in [5.74, 6) is -1.50. The Kier molecular flexibility index (Phi) is 5.79. The van der Waals surface area contributed by atoms with Crippen LogP contribution in [0.15, 0.2) is 48.5 Å². The van der Waals surface area contributed by atoms with Crippen molar-refractivity contribution in [2.24, 2.45) is 0 Å². The Morgan fingerprint density at radius 2 is 1.68 bits per heavy atom. The van der Waals surface area contributed by atoms with Crippen molar-refractivity contribution >= 4 is 46.1 Å². The second-order valence-electron chi connectivity index (χ2n) is 4.70. The number of carboxylic acids is 1. The Bertz CT molecular complexity index is 671. The smallest absolute Gasteiger partial charge is 0.326 e. The molecule has 0 saturated carbocycles. The summed E-state index contributed by atoms with van der Waals surface area (Å²) in [4.78, 5) is 23.5. The van der Waals surface area contributed by atoms with Crippen LogP contribution in [-0.2, 0) is 11.2 Å². The van der Waals surface area contributed by atoms with Gasteiger partial charge in [-0.2, -0.15) is 0 Å². The summed E-state index contributed by atoms with van der Waals surface area (Å²) in [5.41, 5.74) is 1.22. The molecule has 0 spiro atoms. The highest BCUT2D eigenvalue weighted by molar-refractivity contribution is 14.1. The van der Waals surface area contributed by atoms with Crippen LogP contribution in [0.1, 0.15) is 15.9 Å². The van der Waals surface area contributed by atoms with Crippen LogP contribution in [0.25, 0.3) is 0 Å². The van der Waals surface area contributed by atoms with E-state index in [1.807, 2.05) is 24.3 Å². The number of rotatable bonds is 5. The summed E-state index contributed by atoms with van der Waals surface area (Å²) >= 11 is 7.94. The summed E-state index contributed by atoms with van der Waals surface area (Å²) < 4.78 is 1.07. The van der Waals surface area contributed by atoms with Crippen molar-refractivity contribution in [3.8, 4) is 0 Å². The number of hydrogen-bond acceptors (Lipinski definition) is 2. The monoisotopic (exact) mass is 429 g/mol. The molecule has 0 unspecified atom stereocenters. The molecule has 0 aromatic heterocycles. The largest absolute Gasteiger partial charge is 0.480 e. The van der Waals surface area contributed by atoms with Crippen molar-refractivity contribution in [2.45, 2.75) is 12.5 Å². The fourth-order valence-electron chi connectivity index (χ4n) is 1.90.